The third-order valence-electron chi connectivity index (χ3n) is 3.07. The quantitative estimate of drug-likeness (QED) is 0.574. The third kappa shape index (κ3) is 3.73. The minimum atomic E-state index is -0.0677. The van der Waals surface area contributed by atoms with Gasteiger partial charge in [-0.1, -0.05) is 26.2 Å². The Balaban J connectivity index is 2.42. The molecule has 0 unspecified atom stereocenters. The van der Waals surface area contributed by atoms with Gasteiger partial charge in [0.1, 0.15) is 6.54 Å². The first-order chi connectivity index (χ1) is 7.79. The molecular weight excluding hydrogens is 202 g/mol. The molecule has 4 nitrogen and oxygen atoms in total. The van der Waals surface area contributed by atoms with E-state index in [-0.39, 0.29) is 18.6 Å². The van der Waals surface area contributed by atoms with Crippen LogP contribution in [0.5, 0.6) is 0 Å². The number of urea groups is 1. The van der Waals surface area contributed by atoms with Crippen LogP contribution in [-0.2, 0) is 0 Å². The minimum Gasteiger partial charge on any atom is -0.338 e. The predicted molar refractivity (Wildman–Crippen MR) is 62.9 cm³/mol. The third-order valence-corrected chi connectivity index (χ3v) is 3.07. The molecule has 1 rings (SSSR count). The Labute approximate surface area is 97.6 Å². The molecule has 90 valence electrons. The molecule has 1 saturated carbocycles. The summed E-state index contributed by atoms with van der Waals surface area (Å²) >= 11 is 0. The van der Waals surface area contributed by atoms with Crippen LogP contribution < -0.4 is 5.32 Å². The number of hydrogen-bond acceptors (Lipinski definition) is 2. The molecule has 0 atom stereocenters. The van der Waals surface area contributed by atoms with Gasteiger partial charge in [-0.15, -0.1) is 0 Å². The van der Waals surface area contributed by atoms with Crippen LogP contribution in [0, 0.1) is 11.3 Å². The number of carbonyl (C=O) groups excluding carboxylic acids is 1. The van der Waals surface area contributed by atoms with Gasteiger partial charge in [0, 0.05) is 12.6 Å². The van der Waals surface area contributed by atoms with E-state index in [9.17, 15) is 4.79 Å². The topological polar surface area (TPSA) is 56.1 Å². The Morgan fingerprint density at radius 3 is 2.75 bits per heavy atom. The van der Waals surface area contributed by atoms with Crippen LogP contribution in [0.2, 0.25) is 0 Å². The Kier molecular flexibility index (Phi) is 5.69. The van der Waals surface area contributed by atoms with Gasteiger partial charge in [-0.2, -0.15) is 5.26 Å². The summed E-state index contributed by atoms with van der Waals surface area (Å²) in [7, 11) is 0. The average molecular weight is 223 g/mol. The number of carbonyl (C=O) groups is 1. The molecule has 0 aliphatic heterocycles. The van der Waals surface area contributed by atoms with Crippen LogP contribution in [0.4, 0.5) is 4.79 Å². The van der Waals surface area contributed by atoms with E-state index in [1.165, 1.54) is 12.8 Å². The highest BCUT2D eigenvalue weighted by Crippen LogP contribution is 2.23. The number of unbranched alkanes of at least 4 members (excludes halogenated alkanes) is 1. The molecule has 0 aromatic heterocycles. The van der Waals surface area contributed by atoms with Gasteiger partial charge in [0.25, 0.3) is 0 Å². The summed E-state index contributed by atoms with van der Waals surface area (Å²) in [4.78, 5) is 13.6. The molecule has 2 amide bonds. The smallest absolute Gasteiger partial charge is 0.318 e. The zero-order valence-corrected chi connectivity index (χ0v) is 10.0. The van der Waals surface area contributed by atoms with E-state index in [4.69, 9.17) is 5.26 Å². The summed E-state index contributed by atoms with van der Waals surface area (Å²) in [5.74, 6) is 0. The van der Waals surface area contributed by atoms with E-state index in [0.29, 0.717) is 6.54 Å². The summed E-state index contributed by atoms with van der Waals surface area (Å²) in [6, 6.07) is 2.29. The van der Waals surface area contributed by atoms with Gasteiger partial charge in [-0.3, -0.25) is 0 Å². The van der Waals surface area contributed by atoms with Crippen LogP contribution in [-0.4, -0.2) is 30.1 Å². The molecular formula is C12H21N3O. The highest BCUT2D eigenvalue weighted by Gasteiger charge is 2.25. The number of rotatable bonds is 5. The second kappa shape index (κ2) is 7.10. The normalized spacial score (nSPS) is 15.8. The van der Waals surface area contributed by atoms with Gasteiger partial charge in [0.2, 0.25) is 0 Å². The molecule has 16 heavy (non-hydrogen) atoms. The Morgan fingerprint density at radius 1 is 1.50 bits per heavy atom. The van der Waals surface area contributed by atoms with E-state index in [0.717, 1.165) is 25.7 Å². The molecule has 1 fully saturated rings. The monoisotopic (exact) mass is 223 g/mol. The molecule has 1 aliphatic carbocycles. The van der Waals surface area contributed by atoms with E-state index < -0.39 is 0 Å². The SMILES string of the molecule is CCCCNC(=O)N(CC#N)C1CCCC1. The molecule has 1 N–H and O–H groups in total. The molecule has 0 heterocycles. The van der Waals surface area contributed by atoms with Crippen LogP contribution >= 0.6 is 0 Å². The first-order valence-corrected chi connectivity index (χ1v) is 6.21. The maximum Gasteiger partial charge on any atom is 0.318 e. The lowest BCUT2D eigenvalue weighted by molar-refractivity contribution is 0.183. The van der Waals surface area contributed by atoms with Crippen molar-refractivity contribution in [3.63, 3.8) is 0 Å². The molecule has 0 aromatic rings. The number of nitrogens with zero attached hydrogens (tertiary/aromatic N) is 2. The van der Waals surface area contributed by atoms with E-state index in [1.54, 1.807) is 4.90 Å². The minimum absolute atomic E-state index is 0.0677. The van der Waals surface area contributed by atoms with Crippen molar-refractivity contribution in [1.82, 2.24) is 10.2 Å². The van der Waals surface area contributed by atoms with Gasteiger partial charge < -0.3 is 10.2 Å². The zero-order valence-electron chi connectivity index (χ0n) is 10.0. The van der Waals surface area contributed by atoms with Gasteiger partial charge in [0.05, 0.1) is 6.07 Å². The lowest BCUT2D eigenvalue weighted by Gasteiger charge is -2.26. The molecule has 0 saturated heterocycles. The fourth-order valence-electron chi connectivity index (χ4n) is 2.13. The van der Waals surface area contributed by atoms with Crippen LogP contribution in [0.3, 0.4) is 0 Å². The zero-order chi connectivity index (χ0) is 11.8. The van der Waals surface area contributed by atoms with Crippen molar-refractivity contribution in [1.29, 1.82) is 5.26 Å². The number of hydrogen-bond donors (Lipinski definition) is 1. The number of amides is 2. The van der Waals surface area contributed by atoms with Crippen LogP contribution in [0.1, 0.15) is 45.4 Å². The summed E-state index contributed by atoms with van der Waals surface area (Å²) in [5, 5.41) is 11.6. The maximum atomic E-state index is 11.9. The van der Waals surface area contributed by atoms with Gasteiger partial charge in [0.15, 0.2) is 0 Å². The second-order valence-corrected chi connectivity index (χ2v) is 4.31. The van der Waals surface area contributed by atoms with Crippen molar-refractivity contribution in [3.8, 4) is 6.07 Å². The first kappa shape index (κ1) is 12.8. The van der Waals surface area contributed by atoms with E-state index >= 15 is 0 Å². The second-order valence-electron chi connectivity index (χ2n) is 4.31. The van der Waals surface area contributed by atoms with Gasteiger partial charge in [-0.05, 0) is 19.3 Å². The standard InChI is InChI=1S/C12H21N3O/c1-2-3-9-14-12(16)15(10-8-13)11-6-4-5-7-11/h11H,2-7,9-10H2,1H3,(H,14,16). The summed E-state index contributed by atoms with van der Waals surface area (Å²) in [5.41, 5.74) is 0. The van der Waals surface area contributed by atoms with E-state index in [1.807, 2.05) is 0 Å². The highest BCUT2D eigenvalue weighted by molar-refractivity contribution is 5.74. The van der Waals surface area contributed by atoms with Crippen LogP contribution in [0.25, 0.3) is 0 Å². The van der Waals surface area contributed by atoms with Crippen molar-refractivity contribution >= 4 is 6.03 Å². The lowest BCUT2D eigenvalue weighted by atomic mass is 10.2. The molecule has 0 bridgehead atoms. The lowest BCUT2D eigenvalue weighted by Crippen LogP contribution is -2.45. The molecule has 4 heteroatoms. The first-order valence-electron chi connectivity index (χ1n) is 6.21. The van der Waals surface area contributed by atoms with Gasteiger partial charge >= 0.3 is 6.03 Å². The fourth-order valence-corrected chi connectivity index (χ4v) is 2.13. The Bertz CT molecular complexity index is 253. The molecule has 0 radical (unpaired) electrons. The molecule has 0 aromatic carbocycles. The van der Waals surface area contributed by atoms with Crippen molar-refractivity contribution in [2.75, 3.05) is 13.1 Å². The fraction of sp³-hybridized carbons (Fsp3) is 0.833. The highest BCUT2D eigenvalue weighted by atomic mass is 16.2. The van der Waals surface area contributed by atoms with Gasteiger partial charge in [-0.25, -0.2) is 4.79 Å². The maximum absolute atomic E-state index is 11.9. The summed E-state index contributed by atoms with van der Waals surface area (Å²) in [6.07, 6.45) is 6.51. The average Bonchev–Trinajstić information content (AvgIpc) is 2.79. The van der Waals surface area contributed by atoms with Crippen molar-refractivity contribution in [3.05, 3.63) is 0 Å². The van der Waals surface area contributed by atoms with Crippen LogP contribution in [0.15, 0.2) is 0 Å². The summed E-state index contributed by atoms with van der Waals surface area (Å²) in [6.45, 7) is 3.02. The number of nitrogens with one attached hydrogen (secondary N) is 1. The van der Waals surface area contributed by atoms with Crippen molar-refractivity contribution < 1.29 is 4.79 Å². The largest absolute Gasteiger partial charge is 0.338 e. The Morgan fingerprint density at radius 2 is 2.19 bits per heavy atom. The Hall–Kier alpha value is -1.24. The summed E-state index contributed by atoms with van der Waals surface area (Å²) < 4.78 is 0. The van der Waals surface area contributed by atoms with Crippen molar-refractivity contribution in [2.45, 2.75) is 51.5 Å². The number of nitriles is 1. The molecule has 0 spiro atoms. The molecule has 1 aliphatic rings. The predicted octanol–water partition coefficient (Wildman–Crippen LogP) is 2.26. The van der Waals surface area contributed by atoms with Crippen molar-refractivity contribution in [2.24, 2.45) is 0 Å². The van der Waals surface area contributed by atoms with E-state index in [2.05, 4.69) is 18.3 Å².